The van der Waals surface area contributed by atoms with Crippen molar-refractivity contribution >= 4 is 67.1 Å². The number of nitrogens with zero attached hydrogens (tertiary/aromatic N) is 4. The van der Waals surface area contributed by atoms with Gasteiger partial charge in [-0.15, -0.1) is 26.3 Å². The number of nitrogens with one attached hydrogen (secondary N) is 3. The number of rotatable bonds is 9. The highest BCUT2D eigenvalue weighted by Crippen LogP contribution is 2.48. The first-order chi connectivity index (χ1) is 38.9. The topological polar surface area (TPSA) is 194 Å². The van der Waals surface area contributed by atoms with Crippen LogP contribution in [0, 0.1) is 44.0 Å². The molecular formula is C53H31F10N7O9S3. The van der Waals surface area contributed by atoms with Crippen molar-refractivity contribution in [2.75, 3.05) is 16.0 Å². The number of ether oxygens (including phenoxy) is 6. The molecule has 12 rings (SSSR count). The van der Waals surface area contributed by atoms with E-state index in [1.807, 2.05) is 0 Å². The summed E-state index contributed by atoms with van der Waals surface area (Å²) in [5, 5.41) is 7.92. The Morgan fingerprint density at radius 1 is 0.427 bits per heavy atom. The summed E-state index contributed by atoms with van der Waals surface area (Å²) < 4.78 is 161. The lowest BCUT2D eigenvalue weighted by atomic mass is 10.1. The van der Waals surface area contributed by atoms with Crippen molar-refractivity contribution in [3.8, 4) is 65.8 Å². The van der Waals surface area contributed by atoms with Crippen LogP contribution in [0.2, 0.25) is 0 Å². The first-order valence-corrected chi connectivity index (χ1v) is 25.6. The number of aromatic nitrogens is 4. The zero-order chi connectivity index (χ0) is 58.4. The number of hydrogen-bond donors (Lipinski definition) is 3. The molecule has 5 aromatic carbocycles. The first-order valence-electron chi connectivity index (χ1n) is 23.2. The fourth-order valence-electron chi connectivity index (χ4n) is 7.87. The van der Waals surface area contributed by atoms with Crippen molar-refractivity contribution in [3.63, 3.8) is 0 Å². The molecule has 0 saturated heterocycles. The monoisotopic (exact) mass is 1200 g/mol. The predicted molar refractivity (Wildman–Crippen MR) is 276 cm³/mol. The molecule has 29 heteroatoms. The molecule has 0 spiro atoms. The SMILES string of the molecule is Cc1cc2c(cc1-c1cnc(NC(=O)c3c(F)cccc3F)s1)OC(F)(F)O2.Cc1cc2c(cc1-c1cnc(NC(=O)c3ccccc3F)s1)OC(F)(F)O2.Cc1cc2c(cc1-c1cnc(NC(=O)c3ccncc3F)s1)OC(F)(F)O2. The van der Waals surface area contributed by atoms with Crippen LogP contribution in [0.25, 0.3) is 31.3 Å². The molecule has 9 aromatic rings. The van der Waals surface area contributed by atoms with Crippen LogP contribution < -0.4 is 44.4 Å². The van der Waals surface area contributed by atoms with Gasteiger partial charge in [0.1, 0.15) is 23.0 Å². The summed E-state index contributed by atoms with van der Waals surface area (Å²) in [6, 6.07) is 18.4. The maximum absolute atomic E-state index is 13.7. The Bertz CT molecular complexity index is 3820. The third kappa shape index (κ3) is 12.2. The number of carbonyl (C=O) groups excluding carboxylic acids is 3. The Morgan fingerprint density at radius 2 is 0.768 bits per heavy atom. The lowest BCUT2D eigenvalue weighted by molar-refractivity contribution is -0.287. The van der Waals surface area contributed by atoms with Crippen LogP contribution in [0.1, 0.15) is 47.8 Å². The molecule has 7 heterocycles. The van der Waals surface area contributed by atoms with Gasteiger partial charge in [0, 0.05) is 41.5 Å². The van der Waals surface area contributed by atoms with E-state index < -0.39 is 65.4 Å². The summed E-state index contributed by atoms with van der Waals surface area (Å²) >= 11 is 3.24. The maximum Gasteiger partial charge on any atom is 0.586 e. The molecule has 0 aliphatic carbocycles. The third-order valence-corrected chi connectivity index (χ3v) is 14.4. The Kier molecular flexibility index (Phi) is 15.0. The second-order valence-corrected chi connectivity index (χ2v) is 20.3. The van der Waals surface area contributed by atoms with Crippen molar-refractivity contribution in [2.24, 2.45) is 0 Å². The van der Waals surface area contributed by atoms with Crippen molar-refractivity contribution in [1.82, 2.24) is 19.9 Å². The average molecular weight is 1200 g/mol. The van der Waals surface area contributed by atoms with E-state index >= 15 is 0 Å². The summed E-state index contributed by atoms with van der Waals surface area (Å²) in [5.41, 5.74) is 2.71. The van der Waals surface area contributed by atoms with Gasteiger partial charge in [-0.05, 0) is 104 Å². The van der Waals surface area contributed by atoms with Crippen LogP contribution in [-0.4, -0.2) is 56.5 Å². The average Bonchev–Trinajstić information content (AvgIpc) is 4.05. The molecule has 0 radical (unpaired) electrons. The zero-order valence-electron chi connectivity index (χ0n) is 41.4. The van der Waals surface area contributed by atoms with Crippen LogP contribution in [0.5, 0.6) is 34.5 Å². The molecule has 0 fully saturated rings. The number of amides is 3. The molecule has 16 nitrogen and oxygen atoms in total. The van der Waals surface area contributed by atoms with Gasteiger partial charge in [0.25, 0.3) is 17.7 Å². The lowest BCUT2D eigenvalue weighted by Crippen LogP contribution is -2.25. The van der Waals surface area contributed by atoms with Crippen molar-refractivity contribution in [3.05, 3.63) is 173 Å². The summed E-state index contributed by atoms with van der Waals surface area (Å²) in [5.74, 6) is -6.14. The van der Waals surface area contributed by atoms with Crippen molar-refractivity contribution in [2.45, 2.75) is 39.7 Å². The zero-order valence-corrected chi connectivity index (χ0v) is 43.9. The minimum absolute atomic E-state index is 0.0427. The van der Waals surface area contributed by atoms with Gasteiger partial charge in [-0.1, -0.05) is 52.2 Å². The van der Waals surface area contributed by atoms with Crippen LogP contribution in [0.4, 0.5) is 59.3 Å². The molecule has 3 aliphatic rings. The standard InChI is InChI=1S/C18H10F4N2O3S.C18H11F3N2O3S.C17H10F3N3O3S/c1-8-5-12-13(27-18(21,22)26-12)6-9(8)14-7-23-17(28-14)24-16(25)15-10(19)3-2-4-11(15)20;1-9-6-13-14(26-18(20,21)25-13)7-11(9)15-8-22-17(27-15)23-16(24)10-4-2-3-5-12(10)19;1-8-4-12-13(26-17(19,20)25-12)5-10(8)14-7-22-16(27-14)23-15(24)9-2-3-21-6-11(9)18/h2-7H,1H3,(H,23,24,25);2-8H,1H3,(H,22,23,24);2-7H,1H3,(H,22,23,24). The van der Waals surface area contributed by atoms with E-state index in [9.17, 15) is 58.3 Å². The third-order valence-electron chi connectivity index (χ3n) is 11.5. The molecule has 4 aromatic heterocycles. The van der Waals surface area contributed by atoms with Gasteiger partial charge in [-0.2, -0.15) is 0 Å². The van der Waals surface area contributed by atoms with E-state index in [0.29, 0.717) is 48.0 Å². The Balaban J connectivity index is 0.000000138. The smallest absolute Gasteiger partial charge is 0.395 e. The number of hydrogen-bond acceptors (Lipinski definition) is 16. The lowest BCUT2D eigenvalue weighted by Gasteiger charge is -2.05. The van der Waals surface area contributed by atoms with Crippen LogP contribution >= 0.6 is 34.0 Å². The van der Waals surface area contributed by atoms with Gasteiger partial charge < -0.3 is 28.4 Å². The number of carbonyl (C=O) groups is 3. The highest BCUT2D eigenvalue weighted by Gasteiger charge is 2.46. The summed E-state index contributed by atoms with van der Waals surface area (Å²) in [7, 11) is 0. The number of halogens is 10. The first kappa shape index (κ1) is 55.9. The highest BCUT2D eigenvalue weighted by atomic mass is 32.1. The highest BCUT2D eigenvalue weighted by molar-refractivity contribution is 7.19. The maximum atomic E-state index is 13.7. The van der Waals surface area contributed by atoms with E-state index in [-0.39, 0.29) is 61.0 Å². The number of fused-ring (bicyclic) bond motifs is 3. The van der Waals surface area contributed by atoms with E-state index in [2.05, 4.69) is 64.3 Å². The number of pyridine rings is 1. The quantitative estimate of drug-likeness (QED) is 0.116. The van der Waals surface area contributed by atoms with Gasteiger partial charge in [0.2, 0.25) is 0 Å². The van der Waals surface area contributed by atoms with Crippen molar-refractivity contribution < 1.29 is 86.7 Å². The number of thiazole rings is 3. The predicted octanol–water partition coefficient (Wildman–Crippen LogP) is 14.0. The summed E-state index contributed by atoms with van der Waals surface area (Å²) in [4.78, 5) is 54.0. The largest absolute Gasteiger partial charge is 0.586 e. The Morgan fingerprint density at radius 3 is 1.15 bits per heavy atom. The molecule has 0 unspecified atom stereocenters. The van der Waals surface area contributed by atoms with Gasteiger partial charge in [-0.3, -0.25) is 35.3 Å². The molecule has 0 atom stereocenters. The Labute approximate surface area is 465 Å². The second kappa shape index (κ2) is 21.9. The van der Waals surface area contributed by atoms with Crippen LogP contribution in [-0.2, 0) is 0 Å². The molecule has 82 heavy (non-hydrogen) atoms. The van der Waals surface area contributed by atoms with E-state index in [1.54, 1.807) is 26.8 Å². The molecule has 420 valence electrons. The Hall–Kier alpha value is -9.35. The summed E-state index contributed by atoms with van der Waals surface area (Å²) in [6.07, 6.45) is -4.51. The number of aryl methyl sites for hydroxylation is 3. The minimum Gasteiger partial charge on any atom is -0.395 e. The minimum atomic E-state index is -3.73. The molecular weight excluding hydrogens is 1160 g/mol. The van der Waals surface area contributed by atoms with Crippen LogP contribution in [0.3, 0.4) is 0 Å². The molecule has 3 N–H and O–H groups in total. The van der Waals surface area contributed by atoms with Crippen LogP contribution in [0.15, 0.2) is 116 Å². The van der Waals surface area contributed by atoms with Gasteiger partial charge >= 0.3 is 18.9 Å². The van der Waals surface area contributed by atoms with Gasteiger partial charge in [-0.25, -0.2) is 32.5 Å². The summed E-state index contributed by atoms with van der Waals surface area (Å²) in [6.45, 7) is 5.13. The molecule has 0 bridgehead atoms. The van der Waals surface area contributed by atoms with Gasteiger partial charge in [0.05, 0.1) is 32.0 Å². The second-order valence-electron chi connectivity index (χ2n) is 17.2. The van der Waals surface area contributed by atoms with E-state index in [1.165, 1.54) is 85.5 Å². The van der Waals surface area contributed by atoms with Crippen molar-refractivity contribution in [1.29, 1.82) is 0 Å². The van der Waals surface area contributed by atoms with E-state index in [0.717, 1.165) is 58.4 Å². The molecule has 3 aliphatic heterocycles. The van der Waals surface area contributed by atoms with E-state index in [4.69, 9.17) is 0 Å². The van der Waals surface area contributed by atoms with Gasteiger partial charge in [0.15, 0.2) is 55.7 Å². The molecule has 0 saturated carbocycles. The fraction of sp³-hybridized carbons (Fsp3) is 0.113. The normalized spacial score (nSPS) is 14.2. The number of benzene rings is 5. The number of anilines is 3. The number of alkyl halides is 6. The molecule has 3 amide bonds. The fourth-order valence-corrected chi connectivity index (χ4v) is 10.5.